The van der Waals surface area contributed by atoms with Gasteiger partial charge in [0.25, 0.3) is 0 Å². The van der Waals surface area contributed by atoms with E-state index in [4.69, 9.17) is 11.6 Å². The minimum atomic E-state index is 0.393. The van der Waals surface area contributed by atoms with E-state index in [0.29, 0.717) is 11.1 Å². The maximum atomic E-state index is 5.84. The van der Waals surface area contributed by atoms with Crippen molar-refractivity contribution in [3.63, 3.8) is 0 Å². The Hall–Kier alpha value is -0.600. The molecule has 0 amide bonds. The Morgan fingerprint density at radius 3 is 2.67 bits per heavy atom. The Morgan fingerprint density at radius 1 is 1.40 bits per heavy atom. The van der Waals surface area contributed by atoms with E-state index >= 15 is 0 Å². The topological polar surface area (TPSA) is 24.9 Å². The average molecular weight is 225 g/mol. The number of nitrogens with zero attached hydrogens (tertiary/aromatic N) is 1. The van der Waals surface area contributed by atoms with E-state index in [1.807, 2.05) is 19.2 Å². The van der Waals surface area contributed by atoms with Gasteiger partial charge in [-0.15, -0.1) is 0 Å². The lowest BCUT2D eigenvalue weighted by atomic mass is 9.95. The molecular weight excluding hydrogens is 208 g/mol. The van der Waals surface area contributed by atoms with Crippen molar-refractivity contribution >= 4 is 11.6 Å². The number of hydrogen-bond acceptors (Lipinski definition) is 2. The van der Waals surface area contributed by atoms with Gasteiger partial charge >= 0.3 is 0 Å². The maximum Gasteiger partial charge on any atom is 0.0589 e. The van der Waals surface area contributed by atoms with Gasteiger partial charge in [-0.2, -0.15) is 0 Å². The van der Waals surface area contributed by atoms with Crippen LogP contribution in [0.2, 0.25) is 5.02 Å². The molecule has 1 aliphatic rings. The van der Waals surface area contributed by atoms with Crippen LogP contribution in [0.3, 0.4) is 0 Å². The summed E-state index contributed by atoms with van der Waals surface area (Å²) in [5.41, 5.74) is 1.12. The molecule has 1 N–H and O–H groups in total. The third kappa shape index (κ3) is 2.50. The van der Waals surface area contributed by atoms with Gasteiger partial charge in [0.05, 0.1) is 16.8 Å². The summed E-state index contributed by atoms with van der Waals surface area (Å²) in [5, 5.41) is 4.08. The predicted molar refractivity (Wildman–Crippen MR) is 63.0 cm³/mol. The first kappa shape index (κ1) is 10.9. The lowest BCUT2D eigenvalue weighted by Crippen LogP contribution is -2.24. The van der Waals surface area contributed by atoms with Gasteiger partial charge in [-0.1, -0.05) is 24.4 Å². The third-order valence-electron chi connectivity index (χ3n) is 3.25. The zero-order valence-corrected chi connectivity index (χ0v) is 9.80. The number of pyridine rings is 1. The second-order valence-electron chi connectivity index (χ2n) is 4.21. The highest BCUT2D eigenvalue weighted by molar-refractivity contribution is 6.30. The van der Waals surface area contributed by atoms with Gasteiger partial charge in [0.1, 0.15) is 0 Å². The van der Waals surface area contributed by atoms with Crippen molar-refractivity contribution in [3.8, 4) is 0 Å². The van der Waals surface area contributed by atoms with Crippen molar-refractivity contribution in [1.29, 1.82) is 0 Å². The van der Waals surface area contributed by atoms with E-state index in [1.54, 1.807) is 6.20 Å². The van der Waals surface area contributed by atoms with Crippen LogP contribution >= 0.6 is 11.6 Å². The molecule has 2 rings (SSSR count). The van der Waals surface area contributed by atoms with Gasteiger partial charge in [-0.05, 0) is 37.9 Å². The molecule has 1 unspecified atom stereocenters. The molecule has 2 nitrogen and oxygen atoms in total. The van der Waals surface area contributed by atoms with Crippen LogP contribution in [0.15, 0.2) is 18.3 Å². The molecule has 82 valence electrons. The largest absolute Gasteiger partial charge is 0.311 e. The van der Waals surface area contributed by atoms with Crippen molar-refractivity contribution in [2.75, 3.05) is 7.05 Å². The van der Waals surface area contributed by atoms with Crippen LogP contribution in [0.25, 0.3) is 0 Å². The minimum Gasteiger partial charge on any atom is -0.311 e. The average Bonchev–Trinajstić information content (AvgIpc) is 2.75. The molecular formula is C12H17ClN2. The number of nitrogens with one attached hydrogen (secondary N) is 1. The van der Waals surface area contributed by atoms with E-state index < -0.39 is 0 Å². The monoisotopic (exact) mass is 224 g/mol. The van der Waals surface area contributed by atoms with Gasteiger partial charge in [0, 0.05) is 6.20 Å². The van der Waals surface area contributed by atoms with Gasteiger partial charge < -0.3 is 5.32 Å². The summed E-state index contributed by atoms with van der Waals surface area (Å²) in [6.45, 7) is 0. The summed E-state index contributed by atoms with van der Waals surface area (Å²) < 4.78 is 0. The fourth-order valence-electron chi connectivity index (χ4n) is 2.49. The summed E-state index contributed by atoms with van der Waals surface area (Å²) in [6, 6.07) is 4.34. The molecule has 0 saturated heterocycles. The number of aromatic nitrogens is 1. The number of hydrogen-bond donors (Lipinski definition) is 1. The zero-order chi connectivity index (χ0) is 10.7. The van der Waals surface area contributed by atoms with Crippen LogP contribution in [-0.2, 0) is 0 Å². The smallest absolute Gasteiger partial charge is 0.0589 e. The van der Waals surface area contributed by atoms with E-state index in [1.165, 1.54) is 25.7 Å². The highest BCUT2D eigenvalue weighted by Gasteiger charge is 2.25. The molecule has 15 heavy (non-hydrogen) atoms. The number of rotatable bonds is 3. The Kier molecular flexibility index (Phi) is 3.60. The second kappa shape index (κ2) is 4.95. The summed E-state index contributed by atoms with van der Waals surface area (Å²) in [7, 11) is 2.01. The Labute approximate surface area is 96.1 Å². The van der Waals surface area contributed by atoms with Crippen molar-refractivity contribution in [2.45, 2.75) is 31.7 Å². The molecule has 0 aliphatic heterocycles. The minimum absolute atomic E-state index is 0.393. The van der Waals surface area contributed by atoms with Gasteiger partial charge in [-0.25, -0.2) is 0 Å². The molecule has 0 bridgehead atoms. The standard InChI is InChI=1S/C12H17ClN2/c1-14-12(9-4-2-3-5-9)11-7-6-10(13)8-15-11/h6-9,12,14H,2-5H2,1H3. The van der Waals surface area contributed by atoms with Crippen molar-refractivity contribution in [3.05, 3.63) is 29.0 Å². The fraction of sp³-hybridized carbons (Fsp3) is 0.583. The first-order valence-electron chi connectivity index (χ1n) is 5.60. The molecule has 1 atom stereocenters. The molecule has 1 saturated carbocycles. The Balaban J connectivity index is 2.14. The quantitative estimate of drug-likeness (QED) is 0.853. The van der Waals surface area contributed by atoms with Crippen LogP contribution in [0.5, 0.6) is 0 Å². The van der Waals surface area contributed by atoms with Crippen LogP contribution in [-0.4, -0.2) is 12.0 Å². The summed E-state index contributed by atoms with van der Waals surface area (Å²) in [6.07, 6.45) is 7.08. The fourth-order valence-corrected chi connectivity index (χ4v) is 2.60. The highest BCUT2D eigenvalue weighted by atomic mass is 35.5. The van der Waals surface area contributed by atoms with Gasteiger partial charge in [0.15, 0.2) is 0 Å². The van der Waals surface area contributed by atoms with Crippen LogP contribution in [0.1, 0.15) is 37.4 Å². The molecule has 1 heterocycles. The molecule has 1 aliphatic carbocycles. The SMILES string of the molecule is CNC(c1ccc(Cl)cn1)C1CCCC1. The molecule has 0 radical (unpaired) electrons. The Morgan fingerprint density at radius 2 is 2.13 bits per heavy atom. The second-order valence-corrected chi connectivity index (χ2v) is 4.65. The van der Waals surface area contributed by atoms with Crippen LogP contribution in [0, 0.1) is 5.92 Å². The predicted octanol–water partition coefficient (Wildman–Crippen LogP) is 3.19. The van der Waals surface area contributed by atoms with Gasteiger partial charge in [-0.3, -0.25) is 4.98 Å². The van der Waals surface area contributed by atoms with Crippen LogP contribution in [0.4, 0.5) is 0 Å². The van der Waals surface area contributed by atoms with Crippen LogP contribution < -0.4 is 5.32 Å². The molecule has 1 fully saturated rings. The third-order valence-corrected chi connectivity index (χ3v) is 3.47. The molecule has 0 aromatic carbocycles. The summed E-state index contributed by atoms with van der Waals surface area (Å²) in [4.78, 5) is 4.40. The summed E-state index contributed by atoms with van der Waals surface area (Å²) >= 11 is 5.84. The van der Waals surface area contributed by atoms with Gasteiger partial charge in [0.2, 0.25) is 0 Å². The van der Waals surface area contributed by atoms with E-state index in [0.717, 1.165) is 11.6 Å². The highest BCUT2D eigenvalue weighted by Crippen LogP contribution is 2.34. The van der Waals surface area contributed by atoms with E-state index in [2.05, 4.69) is 10.3 Å². The van der Waals surface area contributed by atoms with Crippen molar-refractivity contribution < 1.29 is 0 Å². The summed E-state index contributed by atoms with van der Waals surface area (Å²) in [5.74, 6) is 0.740. The van der Waals surface area contributed by atoms with E-state index in [9.17, 15) is 0 Å². The first-order chi connectivity index (χ1) is 7.31. The Bertz CT molecular complexity index is 304. The zero-order valence-electron chi connectivity index (χ0n) is 9.04. The molecule has 1 aromatic rings. The molecule has 3 heteroatoms. The maximum absolute atomic E-state index is 5.84. The number of halogens is 1. The molecule has 0 spiro atoms. The lowest BCUT2D eigenvalue weighted by Gasteiger charge is -2.22. The normalized spacial score (nSPS) is 19.3. The van der Waals surface area contributed by atoms with Crippen molar-refractivity contribution in [1.82, 2.24) is 10.3 Å². The van der Waals surface area contributed by atoms with Crippen molar-refractivity contribution in [2.24, 2.45) is 5.92 Å². The molecule has 1 aromatic heterocycles. The first-order valence-corrected chi connectivity index (χ1v) is 5.98. The van der Waals surface area contributed by atoms with E-state index in [-0.39, 0.29) is 0 Å². The lowest BCUT2D eigenvalue weighted by molar-refractivity contribution is 0.383.